The van der Waals surface area contributed by atoms with Gasteiger partial charge >= 0.3 is 0 Å². The zero-order chi connectivity index (χ0) is 17.5. The first-order valence-corrected chi connectivity index (χ1v) is 13.4. The summed E-state index contributed by atoms with van der Waals surface area (Å²) in [6.45, 7) is 19.1. The van der Waals surface area contributed by atoms with Crippen LogP contribution in [0.3, 0.4) is 0 Å². The molecule has 0 aromatic heterocycles. The van der Waals surface area contributed by atoms with Gasteiger partial charge in [0, 0.05) is 5.56 Å². The summed E-state index contributed by atoms with van der Waals surface area (Å²) >= 11 is 5.38. The van der Waals surface area contributed by atoms with Gasteiger partial charge in [-0.1, -0.05) is 70.9 Å². The lowest BCUT2D eigenvalue weighted by Gasteiger charge is -2.27. The van der Waals surface area contributed by atoms with E-state index in [1.54, 1.807) is 12.1 Å². The number of rotatable bonds is 4. The molecule has 22 heavy (non-hydrogen) atoms. The Balaban J connectivity index is 0.000000980. The number of aromatic hydroxyl groups is 1. The molecular formula is C17H29ClO2Si2. The highest BCUT2D eigenvalue weighted by Crippen LogP contribution is 2.37. The highest BCUT2D eigenvalue weighted by Gasteiger charge is 2.26. The van der Waals surface area contributed by atoms with Crippen molar-refractivity contribution in [2.45, 2.75) is 52.4 Å². The Labute approximate surface area is 144 Å². The van der Waals surface area contributed by atoms with E-state index in [-0.39, 0.29) is 11.2 Å². The SMILES string of the molecule is C=CCOc1c(O)ccc([Si](C)C)c1C(C)(C)C.C[Si](C)Cl. The van der Waals surface area contributed by atoms with E-state index in [1.807, 2.05) is 19.2 Å². The van der Waals surface area contributed by atoms with Gasteiger partial charge in [0.15, 0.2) is 19.6 Å². The maximum atomic E-state index is 10.0. The van der Waals surface area contributed by atoms with Crippen LogP contribution in [0.1, 0.15) is 26.3 Å². The summed E-state index contributed by atoms with van der Waals surface area (Å²) in [7, 11) is -1.01. The number of benzene rings is 1. The van der Waals surface area contributed by atoms with Crippen molar-refractivity contribution in [3.05, 3.63) is 30.4 Å². The molecule has 0 atom stereocenters. The smallest absolute Gasteiger partial charge is 0.164 e. The molecule has 0 saturated heterocycles. The molecule has 0 saturated carbocycles. The fourth-order valence-electron chi connectivity index (χ4n) is 2.02. The van der Waals surface area contributed by atoms with Crippen molar-refractivity contribution in [3.63, 3.8) is 0 Å². The van der Waals surface area contributed by atoms with Crippen LogP contribution in [-0.4, -0.2) is 28.6 Å². The van der Waals surface area contributed by atoms with Crippen molar-refractivity contribution >= 4 is 33.2 Å². The van der Waals surface area contributed by atoms with Crippen LogP contribution in [0.4, 0.5) is 0 Å². The molecule has 1 N–H and O–H groups in total. The van der Waals surface area contributed by atoms with Crippen molar-refractivity contribution in [3.8, 4) is 11.5 Å². The van der Waals surface area contributed by atoms with Gasteiger partial charge in [0.2, 0.25) is 0 Å². The van der Waals surface area contributed by atoms with Crippen LogP contribution in [0.25, 0.3) is 0 Å². The van der Waals surface area contributed by atoms with E-state index in [0.717, 1.165) is 5.56 Å². The Morgan fingerprint density at radius 1 is 1.23 bits per heavy atom. The maximum Gasteiger partial charge on any atom is 0.164 e. The largest absolute Gasteiger partial charge is 0.504 e. The van der Waals surface area contributed by atoms with Gasteiger partial charge in [-0.3, -0.25) is 0 Å². The molecule has 0 aliphatic rings. The topological polar surface area (TPSA) is 29.5 Å². The first-order valence-electron chi connectivity index (χ1n) is 7.38. The molecule has 0 unspecified atom stereocenters. The van der Waals surface area contributed by atoms with Crippen molar-refractivity contribution in [2.24, 2.45) is 0 Å². The van der Waals surface area contributed by atoms with Crippen LogP contribution in [0.15, 0.2) is 24.8 Å². The first-order chi connectivity index (χ1) is 10.0. The van der Waals surface area contributed by atoms with Gasteiger partial charge in [-0.05, 0) is 11.5 Å². The summed E-state index contributed by atoms with van der Waals surface area (Å²) < 4.78 is 5.68. The highest BCUT2D eigenvalue weighted by molar-refractivity contribution is 7.05. The lowest BCUT2D eigenvalue weighted by Crippen LogP contribution is -2.33. The van der Waals surface area contributed by atoms with E-state index in [0.29, 0.717) is 12.4 Å². The minimum absolute atomic E-state index is 0.0491. The molecule has 1 aromatic rings. The number of phenols is 1. The van der Waals surface area contributed by atoms with Crippen LogP contribution >= 0.6 is 11.1 Å². The third-order valence-corrected chi connectivity index (χ3v) is 4.27. The summed E-state index contributed by atoms with van der Waals surface area (Å²) in [6, 6.07) is 3.77. The predicted octanol–water partition coefficient (Wildman–Crippen LogP) is 4.69. The zero-order valence-corrected chi connectivity index (χ0v) is 17.6. The van der Waals surface area contributed by atoms with Gasteiger partial charge in [0.25, 0.3) is 0 Å². The Morgan fingerprint density at radius 3 is 2.09 bits per heavy atom. The van der Waals surface area contributed by atoms with Crippen molar-refractivity contribution in [2.75, 3.05) is 6.61 Å². The third kappa shape index (κ3) is 7.03. The van der Waals surface area contributed by atoms with Gasteiger partial charge in [-0.2, -0.15) is 11.1 Å². The van der Waals surface area contributed by atoms with E-state index in [1.165, 1.54) is 5.19 Å². The van der Waals surface area contributed by atoms with Crippen LogP contribution in [-0.2, 0) is 5.41 Å². The Kier molecular flexibility index (Phi) is 9.12. The van der Waals surface area contributed by atoms with Crippen molar-refractivity contribution < 1.29 is 9.84 Å². The first kappa shape index (κ1) is 21.3. The van der Waals surface area contributed by atoms with Crippen LogP contribution in [0.2, 0.25) is 26.2 Å². The molecule has 1 aromatic carbocycles. The molecule has 2 radical (unpaired) electrons. The number of hydrogen-bond acceptors (Lipinski definition) is 2. The van der Waals surface area contributed by atoms with Crippen LogP contribution < -0.4 is 9.92 Å². The van der Waals surface area contributed by atoms with E-state index < -0.39 is 16.9 Å². The Hall–Kier alpha value is -0.716. The van der Waals surface area contributed by atoms with E-state index >= 15 is 0 Å². The molecule has 124 valence electrons. The monoisotopic (exact) mass is 356 g/mol. The lowest BCUT2D eigenvalue weighted by atomic mass is 9.86. The quantitative estimate of drug-likeness (QED) is 0.481. The fourth-order valence-corrected chi connectivity index (χ4v) is 3.43. The summed E-state index contributed by atoms with van der Waals surface area (Å²) in [6.07, 6.45) is 1.70. The Morgan fingerprint density at radius 2 is 1.73 bits per heavy atom. The van der Waals surface area contributed by atoms with Gasteiger partial charge in [-0.15, -0.1) is 0 Å². The second-order valence-corrected chi connectivity index (χ2v) is 13.1. The molecule has 1 rings (SSSR count). The molecule has 0 spiro atoms. The second-order valence-electron chi connectivity index (χ2n) is 6.56. The van der Waals surface area contributed by atoms with E-state index in [2.05, 4.69) is 40.4 Å². The molecule has 0 heterocycles. The summed E-state index contributed by atoms with van der Waals surface area (Å²) in [5, 5.41) is 11.4. The summed E-state index contributed by atoms with van der Waals surface area (Å²) in [5.74, 6) is 0.833. The van der Waals surface area contributed by atoms with Crippen molar-refractivity contribution in [1.29, 1.82) is 0 Å². The molecule has 0 fully saturated rings. The molecular weight excluding hydrogens is 328 g/mol. The number of phenolic OH excluding ortho intramolecular Hbond substituents is 1. The summed E-state index contributed by atoms with van der Waals surface area (Å²) in [5.41, 5.74) is 1.08. The van der Waals surface area contributed by atoms with Crippen molar-refractivity contribution in [1.82, 2.24) is 0 Å². The third-order valence-electron chi connectivity index (χ3n) is 2.77. The standard InChI is InChI=1S/C15H23O2Si.C2H6ClSi/c1-7-10-17-14-11(16)8-9-12(18(5)6)13(14)15(2,3)4;1-4(2)3/h7-9,16H,1,10H2,2-6H3;1-2H3. The highest BCUT2D eigenvalue weighted by atomic mass is 35.6. The number of halogens is 1. The minimum atomic E-state index is -0.604. The van der Waals surface area contributed by atoms with Crippen LogP contribution in [0.5, 0.6) is 11.5 Å². The van der Waals surface area contributed by atoms with Crippen LogP contribution in [0, 0.1) is 0 Å². The normalized spacial score (nSPS) is 11.2. The molecule has 0 amide bonds. The minimum Gasteiger partial charge on any atom is -0.504 e. The van der Waals surface area contributed by atoms with Gasteiger partial charge in [0.1, 0.15) is 6.61 Å². The average Bonchev–Trinajstić information content (AvgIpc) is 2.34. The fraction of sp³-hybridized carbons (Fsp3) is 0.529. The molecule has 0 aliphatic carbocycles. The van der Waals surface area contributed by atoms with E-state index in [4.69, 9.17) is 15.8 Å². The van der Waals surface area contributed by atoms with Gasteiger partial charge in [-0.25, -0.2) is 0 Å². The molecule has 5 heteroatoms. The van der Waals surface area contributed by atoms with Gasteiger partial charge in [0.05, 0.1) is 8.80 Å². The zero-order valence-electron chi connectivity index (χ0n) is 14.9. The predicted molar refractivity (Wildman–Crippen MR) is 103 cm³/mol. The Bertz CT molecular complexity index is 478. The van der Waals surface area contributed by atoms with Gasteiger partial charge < -0.3 is 9.84 Å². The maximum absolute atomic E-state index is 10.0. The average molecular weight is 357 g/mol. The molecule has 0 bridgehead atoms. The number of ether oxygens (including phenoxy) is 1. The lowest BCUT2D eigenvalue weighted by molar-refractivity contribution is 0.326. The summed E-state index contributed by atoms with van der Waals surface area (Å²) in [4.78, 5) is 0. The second kappa shape index (κ2) is 9.43. The number of hydrogen-bond donors (Lipinski definition) is 1. The van der Waals surface area contributed by atoms with E-state index in [9.17, 15) is 5.11 Å². The molecule has 2 nitrogen and oxygen atoms in total. The molecule has 0 aliphatic heterocycles.